The van der Waals surface area contributed by atoms with Gasteiger partial charge in [0.25, 0.3) is 5.91 Å². The van der Waals surface area contributed by atoms with E-state index in [4.69, 9.17) is 26.0 Å². The summed E-state index contributed by atoms with van der Waals surface area (Å²) in [6, 6.07) is 13.9. The molecule has 0 aliphatic heterocycles. The van der Waals surface area contributed by atoms with E-state index in [2.05, 4.69) is 5.32 Å². The molecule has 1 heterocycles. The lowest BCUT2D eigenvalue weighted by molar-refractivity contribution is -0.119. The summed E-state index contributed by atoms with van der Waals surface area (Å²) in [4.78, 5) is 24.2. The molecule has 0 saturated carbocycles. The van der Waals surface area contributed by atoms with Crippen molar-refractivity contribution in [2.45, 2.75) is 13.3 Å². The highest BCUT2D eigenvalue weighted by Crippen LogP contribution is 2.28. The van der Waals surface area contributed by atoms with Gasteiger partial charge in [0.15, 0.2) is 6.61 Å². The number of rotatable bonds is 5. The molecular formula is C20H15ClN2O4. The van der Waals surface area contributed by atoms with E-state index in [9.17, 15) is 9.59 Å². The first-order valence-electron chi connectivity index (χ1n) is 8.09. The van der Waals surface area contributed by atoms with Crippen LogP contribution >= 0.6 is 11.6 Å². The smallest absolute Gasteiger partial charge is 0.375 e. The minimum absolute atomic E-state index is 0.0425. The highest BCUT2D eigenvalue weighted by atomic mass is 35.5. The predicted molar refractivity (Wildman–Crippen MR) is 101 cm³/mol. The molecule has 0 atom stereocenters. The number of carbonyl (C=O) groups is 2. The Morgan fingerprint density at radius 2 is 1.96 bits per heavy atom. The third-order valence-corrected chi connectivity index (χ3v) is 4.17. The molecular weight excluding hydrogens is 368 g/mol. The maximum absolute atomic E-state index is 12.2. The molecule has 7 heteroatoms. The molecule has 3 rings (SSSR count). The molecule has 1 aromatic heterocycles. The zero-order valence-electron chi connectivity index (χ0n) is 14.4. The zero-order valence-corrected chi connectivity index (χ0v) is 15.2. The fourth-order valence-corrected chi connectivity index (χ4v) is 2.75. The van der Waals surface area contributed by atoms with Gasteiger partial charge in [-0.15, -0.1) is 0 Å². The number of carbonyl (C=O) groups excluding carboxylic acids is 2. The number of halogens is 1. The van der Waals surface area contributed by atoms with Gasteiger partial charge in [0, 0.05) is 21.7 Å². The van der Waals surface area contributed by atoms with E-state index in [1.54, 1.807) is 49.4 Å². The van der Waals surface area contributed by atoms with Crippen molar-refractivity contribution in [1.29, 1.82) is 5.26 Å². The van der Waals surface area contributed by atoms with Gasteiger partial charge in [0.2, 0.25) is 5.76 Å². The van der Waals surface area contributed by atoms with Crippen LogP contribution in [0.2, 0.25) is 5.02 Å². The van der Waals surface area contributed by atoms with Crippen LogP contribution in [-0.4, -0.2) is 18.5 Å². The van der Waals surface area contributed by atoms with Crippen LogP contribution in [0.3, 0.4) is 0 Å². The van der Waals surface area contributed by atoms with Gasteiger partial charge in [0.1, 0.15) is 5.58 Å². The van der Waals surface area contributed by atoms with Gasteiger partial charge in [-0.05, 0) is 42.8 Å². The van der Waals surface area contributed by atoms with Gasteiger partial charge in [-0.25, -0.2) is 4.79 Å². The van der Waals surface area contributed by atoms with E-state index in [-0.39, 0.29) is 5.76 Å². The Kier molecular flexibility index (Phi) is 5.43. The molecule has 27 heavy (non-hydrogen) atoms. The number of nitriles is 1. The second kappa shape index (κ2) is 7.94. The quantitative estimate of drug-likeness (QED) is 0.665. The molecule has 0 saturated heterocycles. The highest BCUT2D eigenvalue weighted by Gasteiger charge is 2.20. The number of nitrogens with zero attached hydrogens (tertiary/aromatic N) is 1. The van der Waals surface area contributed by atoms with Crippen LogP contribution in [0.15, 0.2) is 46.9 Å². The van der Waals surface area contributed by atoms with Crippen LogP contribution < -0.4 is 5.32 Å². The van der Waals surface area contributed by atoms with Gasteiger partial charge < -0.3 is 14.5 Å². The average molecular weight is 383 g/mol. The minimum Gasteiger partial charge on any atom is -0.450 e. The van der Waals surface area contributed by atoms with E-state index >= 15 is 0 Å². The van der Waals surface area contributed by atoms with Crippen LogP contribution in [0.1, 0.15) is 21.7 Å². The first-order valence-corrected chi connectivity index (χ1v) is 8.47. The number of hydrogen-bond donors (Lipinski definition) is 1. The van der Waals surface area contributed by atoms with Crippen molar-refractivity contribution in [2.75, 3.05) is 11.9 Å². The summed E-state index contributed by atoms with van der Waals surface area (Å²) in [5, 5.41) is 12.5. The summed E-state index contributed by atoms with van der Waals surface area (Å²) in [5.41, 5.74) is 2.52. The topological polar surface area (TPSA) is 92.3 Å². The van der Waals surface area contributed by atoms with Crippen molar-refractivity contribution < 1.29 is 18.7 Å². The van der Waals surface area contributed by atoms with Crippen LogP contribution in [-0.2, 0) is 16.0 Å². The average Bonchev–Trinajstić information content (AvgIpc) is 2.98. The first kappa shape index (κ1) is 18.5. The molecule has 0 aliphatic rings. The molecule has 3 aromatic rings. The van der Waals surface area contributed by atoms with E-state index < -0.39 is 18.5 Å². The third kappa shape index (κ3) is 4.27. The molecule has 0 spiro atoms. The van der Waals surface area contributed by atoms with E-state index in [0.717, 1.165) is 10.9 Å². The molecule has 6 nitrogen and oxygen atoms in total. The number of hydrogen-bond acceptors (Lipinski definition) is 5. The monoisotopic (exact) mass is 382 g/mol. The Labute approximate surface area is 160 Å². The zero-order chi connectivity index (χ0) is 19.4. The summed E-state index contributed by atoms with van der Waals surface area (Å²) < 4.78 is 10.6. The number of amides is 1. The van der Waals surface area contributed by atoms with Gasteiger partial charge in [-0.3, -0.25) is 4.79 Å². The minimum atomic E-state index is -0.723. The van der Waals surface area contributed by atoms with Gasteiger partial charge >= 0.3 is 5.97 Å². The maximum Gasteiger partial charge on any atom is 0.375 e. The standard InChI is InChI=1S/C20H15ClN2O4/c1-12-16-10-14(21)4-7-17(16)27-19(12)20(25)26-11-18(24)23-15-5-2-13(3-6-15)8-9-22/h2-7,10H,8,11H2,1H3,(H,23,24). The number of anilines is 1. The fraction of sp³-hybridized carbons (Fsp3) is 0.150. The Bertz CT molecular complexity index is 1050. The first-order chi connectivity index (χ1) is 13.0. The van der Waals surface area contributed by atoms with Gasteiger partial charge in [0.05, 0.1) is 12.5 Å². The number of aryl methyl sites for hydroxylation is 1. The number of benzene rings is 2. The second-order valence-electron chi connectivity index (χ2n) is 5.85. The van der Waals surface area contributed by atoms with Crippen molar-refractivity contribution in [3.05, 3.63) is 64.4 Å². The Morgan fingerprint density at radius 1 is 1.22 bits per heavy atom. The van der Waals surface area contributed by atoms with Crippen LogP contribution in [0, 0.1) is 18.3 Å². The SMILES string of the molecule is Cc1c(C(=O)OCC(=O)Nc2ccc(CC#N)cc2)oc2ccc(Cl)cc12. The summed E-state index contributed by atoms with van der Waals surface area (Å²) in [6.07, 6.45) is 0.300. The Morgan fingerprint density at radius 3 is 2.67 bits per heavy atom. The van der Waals surface area contributed by atoms with Crippen molar-refractivity contribution in [3.63, 3.8) is 0 Å². The number of nitrogens with one attached hydrogen (secondary N) is 1. The van der Waals surface area contributed by atoms with Crippen LogP contribution in [0.4, 0.5) is 5.69 Å². The van der Waals surface area contributed by atoms with Crippen molar-refractivity contribution in [3.8, 4) is 6.07 Å². The lowest BCUT2D eigenvalue weighted by Crippen LogP contribution is -2.21. The van der Waals surface area contributed by atoms with Gasteiger partial charge in [-0.1, -0.05) is 23.7 Å². The molecule has 2 aromatic carbocycles. The Hall–Kier alpha value is -3.30. The van der Waals surface area contributed by atoms with Gasteiger partial charge in [-0.2, -0.15) is 5.26 Å². The maximum atomic E-state index is 12.2. The summed E-state index contributed by atoms with van der Waals surface area (Å²) in [7, 11) is 0. The summed E-state index contributed by atoms with van der Waals surface area (Å²) in [6.45, 7) is 1.28. The van der Waals surface area contributed by atoms with Crippen molar-refractivity contribution >= 4 is 40.1 Å². The summed E-state index contributed by atoms with van der Waals surface area (Å²) >= 11 is 5.96. The third-order valence-electron chi connectivity index (χ3n) is 3.94. The second-order valence-corrected chi connectivity index (χ2v) is 6.29. The molecule has 1 amide bonds. The largest absolute Gasteiger partial charge is 0.450 e. The van der Waals surface area contributed by atoms with Crippen molar-refractivity contribution in [1.82, 2.24) is 0 Å². The fourth-order valence-electron chi connectivity index (χ4n) is 2.58. The normalized spacial score (nSPS) is 10.4. The molecule has 0 fully saturated rings. The molecule has 1 N–H and O–H groups in total. The van der Waals surface area contributed by atoms with Crippen LogP contribution in [0.25, 0.3) is 11.0 Å². The number of esters is 1. The lowest BCUT2D eigenvalue weighted by Gasteiger charge is -2.06. The number of fused-ring (bicyclic) bond motifs is 1. The van der Waals surface area contributed by atoms with Crippen LogP contribution in [0.5, 0.6) is 0 Å². The molecule has 0 bridgehead atoms. The summed E-state index contributed by atoms with van der Waals surface area (Å²) in [5.74, 6) is -1.16. The number of furan rings is 1. The van der Waals surface area contributed by atoms with E-state index in [0.29, 0.717) is 28.3 Å². The number of ether oxygens (including phenoxy) is 1. The van der Waals surface area contributed by atoms with Crippen molar-refractivity contribution in [2.24, 2.45) is 0 Å². The highest BCUT2D eigenvalue weighted by molar-refractivity contribution is 6.31. The van der Waals surface area contributed by atoms with E-state index in [1.165, 1.54) is 0 Å². The molecule has 136 valence electrons. The predicted octanol–water partition coefficient (Wildman–Crippen LogP) is 4.26. The lowest BCUT2D eigenvalue weighted by atomic mass is 10.1. The molecule has 0 radical (unpaired) electrons. The molecule has 0 aliphatic carbocycles. The van der Waals surface area contributed by atoms with E-state index in [1.807, 2.05) is 6.07 Å². The Balaban J connectivity index is 1.61. The molecule has 0 unspecified atom stereocenters.